The Morgan fingerprint density at radius 1 is 1.24 bits per heavy atom. The molecule has 0 amide bonds. The molecule has 0 spiro atoms. The average Bonchev–Trinajstić information content (AvgIpc) is 3.21. The largest absolute Gasteiger partial charge is 0.371 e. The van der Waals surface area contributed by atoms with Crippen molar-refractivity contribution in [1.82, 2.24) is 30.3 Å². The van der Waals surface area contributed by atoms with Gasteiger partial charge < -0.3 is 24.4 Å². The maximum Gasteiger partial charge on any atom is 0.248 e. The number of rotatable bonds is 7. The van der Waals surface area contributed by atoms with Crippen LogP contribution in [-0.2, 0) is 11.3 Å². The van der Waals surface area contributed by atoms with Crippen LogP contribution in [0.2, 0.25) is 0 Å². The first kappa shape index (κ1) is 23.3. The van der Waals surface area contributed by atoms with Crippen LogP contribution >= 0.6 is 24.0 Å². The Bertz CT molecular complexity index is 749. The van der Waals surface area contributed by atoms with Gasteiger partial charge in [-0.05, 0) is 26.8 Å². The summed E-state index contributed by atoms with van der Waals surface area (Å²) in [7, 11) is 0. The molecule has 0 bridgehead atoms. The first-order valence-electron chi connectivity index (χ1n) is 9.70. The molecule has 0 aromatic carbocycles. The Labute approximate surface area is 188 Å². The van der Waals surface area contributed by atoms with E-state index in [0.29, 0.717) is 24.9 Å². The monoisotopic (exact) mass is 516 g/mol. The number of hydrogen-bond acceptors (Lipinski definition) is 8. The van der Waals surface area contributed by atoms with Crippen LogP contribution in [0.4, 0.5) is 5.95 Å². The third-order valence-electron chi connectivity index (χ3n) is 4.38. The van der Waals surface area contributed by atoms with Crippen LogP contribution in [0.25, 0.3) is 0 Å². The topological polar surface area (TPSA) is 105 Å². The van der Waals surface area contributed by atoms with Gasteiger partial charge in [-0.3, -0.25) is 0 Å². The van der Waals surface area contributed by atoms with Crippen LogP contribution in [0.3, 0.4) is 0 Å². The van der Waals surface area contributed by atoms with Gasteiger partial charge >= 0.3 is 0 Å². The quantitative estimate of drug-likeness (QED) is 0.336. The molecule has 2 aromatic heterocycles. The van der Waals surface area contributed by atoms with E-state index < -0.39 is 0 Å². The van der Waals surface area contributed by atoms with E-state index in [2.05, 4.69) is 47.1 Å². The number of piperazine rings is 1. The van der Waals surface area contributed by atoms with Crippen molar-refractivity contribution < 1.29 is 9.26 Å². The van der Waals surface area contributed by atoms with E-state index in [1.807, 2.05) is 19.9 Å². The molecule has 1 saturated heterocycles. The zero-order valence-electron chi connectivity index (χ0n) is 17.1. The minimum atomic E-state index is -0.187. The smallest absolute Gasteiger partial charge is 0.248 e. The summed E-state index contributed by atoms with van der Waals surface area (Å²) in [6, 6.07) is 1.83. The number of guanidine groups is 1. The molecule has 29 heavy (non-hydrogen) atoms. The standard InChI is InChI=1S/C18H28N8O2.HI/c1-4-19-17(22-13-15-23-16(24-28-15)14(3)27-5-2)25-9-11-26(12-10-25)18-20-7-6-8-21-18;/h6-8,14H,4-5,9-13H2,1-3H3,(H,19,22);1H. The highest BCUT2D eigenvalue weighted by molar-refractivity contribution is 14.0. The summed E-state index contributed by atoms with van der Waals surface area (Å²) in [5.41, 5.74) is 0. The molecular formula is C18H29IN8O2. The van der Waals surface area contributed by atoms with Crippen molar-refractivity contribution in [1.29, 1.82) is 0 Å². The van der Waals surface area contributed by atoms with E-state index in [0.717, 1.165) is 44.6 Å². The highest BCUT2D eigenvalue weighted by Crippen LogP contribution is 2.14. The van der Waals surface area contributed by atoms with E-state index in [-0.39, 0.29) is 30.1 Å². The van der Waals surface area contributed by atoms with Gasteiger partial charge in [-0.2, -0.15) is 4.98 Å². The van der Waals surface area contributed by atoms with Crippen LogP contribution in [0.5, 0.6) is 0 Å². The van der Waals surface area contributed by atoms with Gasteiger partial charge in [0.1, 0.15) is 12.6 Å². The van der Waals surface area contributed by atoms with Gasteiger partial charge in [0, 0.05) is 51.7 Å². The fourth-order valence-electron chi connectivity index (χ4n) is 2.96. The van der Waals surface area contributed by atoms with Crippen LogP contribution < -0.4 is 10.2 Å². The zero-order valence-corrected chi connectivity index (χ0v) is 19.4. The molecule has 0 radical (unpaired) electrons. The van der Waals surface area contributed by atoms with E-state index in [9.17, 15) is 0 Å². The Morgan fingerprint density at radius 2 is 1.97 bits per heavy atom. The van der Waals surface area contributed by atoms with Gasteiger partial charge in [0.15, 0.2) is 11.8 Å². The molecule has 0 saturated carbocycles. The molecule has 1 aliphatic heterocycles. The maximum absolute atomic E-state index is 5.49. The molecule has 1 atom stereocenters. The number of aliphatic imine (C=N–C) groups is 1. The summed E-state index contributed by atoms with van der Waals surface area (Å²) in [5, 5.41) is 7.32. The SMILES string of the molecule is CCNC(=NCc1nc(C(C)OCC)no1)N1CCN(c2ncccn2)CC1.I. The molecule has 160 valence electrons. The lowest BCUT2D eigenvalue weighted by Crippen LogP contribution is -2.53. The molecule has 3 heterocycles. The number of hydrogen-bond donors (Lipinski definition) is 1. The molecule has 1 N–H and O–H groups in total. The predicted molar refractivity (Wildman–Crippen MR) is 120 cm³/mol. The van der Waals surface area contributed by atoms with Crippen molar-refractivity contribution in [2.75, 3.05) is 44.2 Å². The predicted octanol–water partition coefficient (Wildman–Crippen LogP) is 1.86. The van der Waals surface area contributed by atoms with Gasteiger partial charge in [-0.15, -0.1) is 24.0 Å². The first-order chi connectivity index (χ1) is 13.7. The summed E-state index contributed by atoms with van der Waals surface area (Å²) in [5.74, 6) is 2.64. The van der Waals surface area contributed by atoms with Crippen molar-refractivity contribution >= 4 is 35.9 Å². The van der Waals surface area contributed by atoms with E-state index in [1.54, 1.807) is 12.4 Å². The molecule has 1 unspecified atom stereocenters. The van der Waals surface area contributed by atoms with Crippen molar-refractivity contribution in [2.45, 2.75) is 33.4 Å². The highest BCUT2D eigenvalue weighted by Gasteiger charge is 2.21. The number of anilines is 1. The van der Waals surface area contributed by atoms with E-state index in [4.69, 9.17) is 9.26 Å². The van der Waals surface area contributed by atoms with Crippen LogP contribution in [-0.4, -0.2) is 70.3 Å². The molecule has 2 aromatic rings. The number of nitrogens with one attached hydrogen (secondary N) is 1. The third kappa shape index (κ3) is 6.49. The van der Waals surface area contributed by atoms with Gasteiger partial charge in [-0.25, -0.2) is 15.0 Å². The minimum absolute atomic E-state index is 0. The number of halogens is 1. The Hall–Kier alpha value is -2.02. The number of ether oxygens (including phenoxy) is 1. The summed E-state index contributed by atoms with van der Waals surface area (Å²) in [6.45, 7) is 11.0. The van der Waals surface area contributed by atoms with Crippen molar-refractivity contribution in [2.24, 2.45) is 4.99 Å². The fraction of sp³-hybridized carbons (Fsp3) is 0.611. The van der Waals surface area contributed by atoms with Gasteiger partial charge in [0.2, 0.25) is 11.8 Å². The Balaban J connectivity index is 0.00000300. The average molecular weight is 516 g/mol. The molecule has 10 nitrogen and oxygen atoms in total. The second kappa shape index (κ2) is 11.9. The van der Waals surface area contributed by atoms with E-state index in [1.165, 1.54) is 0 Å². The number of aromatic nitrogens is 4. The summed E-state index contributed by atoms with van der Waals surface area (Å²) in [4.78, 5) is 22.1. The Kier molecular flexibility index (Phi) is 9.51. The third-order valence-corrected chi connectivity index (χ3v) is 4.38. The van der Waals surface area contributed by atoms with E-state index >= 15 is 0 Å². The second-order valence-corrected chi connectivity index (χ2v) is 6.34. The fourth-order valence-corrected chi connectivity index (χ4v) is 2.96. The van der Waals surface area contributed by atoms with Crippen LogP contribution in [0, 0.1) is 0 Å². The zero-order chi connectivity index (χ0) is 19.8. The number of nitrogens with zero attached hydrogens (tertiary/aromatic N) is 7. The van der Waals surface area contributed by atoms with Crippen LogP contribution in [0.1, 0.15) is 38.6 Å². The lowest BCUT2D eigenvalue weighted by Gasteiger charge is -2.36. The molecule has 0 aliphatic carbocycles. The lowest BCUT2D eigenvalue weighted by molar-refractivity contribution is 0.0683. The first-order valence-corrected chi connectivity index (χ1v) is 9.70. The molecule has 3 rings (SSSR count). The van der Waals surface area contributed by atoms with Crippen molar-refractivity contribution in [3.8, 4) is 0 Å². The lowest BCUT2D eigenvalue weighted by atomic mass is 10.3. The van der Waals surface area contributed by atoms with Gasteiger partial charge in [0.05, 0.1) is 0 Å². The minimum Gasteiger partial charge on any atom is -0.371 e. The Morgan fingerprint density at radius 3 is 2.62 bits per heavy atom. The molecule has 11 heteroatoms. The van der Waals surface area contributed by atoms with Gasteiger partial charge in [-0.1, -0.05) is 5.16 Å². The molecular weight excluding hydrogens is 487 g/mol. The van der Waals surface area contributed by atoms with Crippen molar-refractivity contribution in [3.05, 3.63) is 30.2 Å². The summed E-state index contributed by atoms with van der Waals surface area (Å²) >= 11 is 0. The molecule has 1 fully saturated rings. The summed E-state index contributed by atoms with van der Waals surface area (Å²) in [6.07, 6.45) is 3.35. The second-order valence-electron chi connectivity index (χ2n) is 6.34. The van der Waals surface area contributed by atoms with Crippen LogP contribution in [0.15, 0.2) is 28.0 Å². The van der Waals surface area contributed by atoms with Crippen molar-refractivity contribution in [3.63, 3.8) is 0 Å². The summed E-state index contributed by atoms with van der Waals surface area (Å²) < 4.78 is 10.8. The van der Waals surface area contributed by atoms with Gasteiger partial charge in [0.25, 0.3) is 0 Å². The normalized spacial score (nSPS) is 15.8. The highest BCUT2D eigenvalue weighted by atomic mass is 127. The molecule has 1 aliphatic rings. The maximum atomic E-state index is 5.49.